The average molecular weight is 254 g/mol. The molecule has 3 heteroatoms. The third kappa shape index (κ3) is 2.66. The number of rotatable bonds is 4. The molecule has 0 radical (unpaired) electrons. The molecular formula is C11H12BrNO. The van der Waals surface area contributed by atoms with Gasteiger partial charge in [0.25, 0.3) is 0 Å². The van der Waals surface area contributed by atoms with Crippen molar-refractivity contribution in [1.29, 1.82) is 0 Å². The van der Waals surface area contributed by atoms with Crippen molar-refractivity contribution in [3.8, 4) is 0 Å². The van der Waals surface area contributed by atoms with Crippen molar-refractivity contribution in [2.24, 2.45) is 0 Å². The molecule has 1 saturated carbocycles. The van der Waals surface area contributed by atoms with E-state index in [0.717, 1.165) is 10.0 Å². The molecule has 1 fully saturated rings. The standard InChI is InChI=1S/C11H12BrNO/c12-9-3-1-8(2-4-9)11(14)7-13-10-5-6-10/h1-4,10,13H,5-7H2. The topological polar surface area (TPSA) is 29.1 Å². The van der Waals surface area contributed by atoms with Crippen LogP contribution in [0, 0.1) is 0 Å². The maximum absolute atomic E-state index is 11.6. The highest BCUT2D eigenvalue weighted by Crippen LogP contribution is 2.18. The molecule has 0 amide bonds. The van der Waals surface area contributed by atoms with Gasteiger partial charge >= 0.3 is 0 Å². The first-order chi connectivity index (χ1) is 6.75. The molecule has 1 N–H and O–H groups in total. The van der Waals surface area contributed by atoms with Crippen LogP contribution in [-0.2, 0) is 0 Å². The van der Waals surface area contributed by atoms with Gasteiger partial charge in [0.2, 0.25) is 0 Å². The van der Waals surface area contributed by atoms with Crippen molar-refractivity contribution in [3.05, 3.63) is 34.3 Å². The van der Waals surface area contributed by atoms with Crippen molar-refractivity contribution in [2.75, 3.05) is 6.54 Å². The van der Waals surface area contributed by atoms with Gasteiger partial charge in [0.05, 0.1) is 6.54 Å². The summed E-state index contributed by atoms with van der Waals surface area (Å²) in [5.41, 5.74) is 0.779. The van der Waals surface area contributed by atoms with Crippen LogP contribution < -0.4 is 5.32 Å². The van der Waals surface area contributed by atoms with Crippen molar-refractivity contribution < 1.29 is 4.79 Å². The molecule has 0 saturated heterocycles. The molecule has 0 atom stereocenters. The second-order valence-electron chi connectivity index (χ2n) is 3.59. The smallest absolute Gasteiger partial charge is 0.176 e. The largest absolute Gasteiger partial charge is 0.307 e. The fraction of sp³-hybridized carbons (Fsp3) is 0.364. The van der Waals surface area contributed by atoms with Crippen LogP contribution in [0.4, 0.5) is 0 Å². The molecule has 14 heavy (non-hydrogen) atoms. The Bertz CT molecular complexity index is 330. The van der Waals surface area contributed by atoms with Crippen molar-refractivity contribution >= 4 is 21.7 Å². The Balaban J connectivity index is 1.92. The highest BCUT2D eigenvalue weighted by atomic mass is 79.9. The minimum Gasteiger partial charge on any atom is -0.307 e. The van der Waals surface area contributed by atoms with Crippen LogP contribution in [-0.4, -0.2) is 18.4 Å². The number of hydrogen-bond acceptors (Lipinski definition) is 2. The molecule has 2 rings (SSSR count). The molecule has 0 aromatic heterocycles. The fourth-order valence-electron chi connectivity index (χ4n) is 1.26. The third-order valence-corrected chi connectivity index (χ3v) is 2.82. The Labute approximate surface area is 91.8 Å². The number of ketones is 1. The van der Waals surface area contributed by atoms with Gasteiger partial charge in [-0.15, -0.1) is 0 Å². The Hall–Kier alpha value is -0.670. The summed E-state index contributed by atoms with van der Waals surface area (Å²) < 4.78 is 1.00. The van der Waals surface area contributed by atoms with Crippen molar-refractivity contribution in [3.63, 3.8) is 0 Å². The van der Waals surface area contributed by atoms with Crippen LogP contribution in [0.3, 0.4) is 0 Å². The van der Waals surface area contributed by atoms with Crippen LogP contribution in [0.1, 0.15) is 23.2 Å². The Kier molecular flexibility index (Phi) is 2.99. The van der Waals surface area contributed by atoms with Crippen LogP contribution in [0.25, 0.3) is 0 Å². The van der Waals surface area contributed by atoms with Crippen LogP contribution in [0.5, 0.6) is 0 Å². The number of nitrogens with one attached hydrogen (secondary N) is 1. The average Bonchev–Trinajstić information content (AvgIpc) is 2.99. The second-order valence-corrected chi connectivity index (χ2v) is 4.50. The van der Waals surface area contributed by atoms with E-state index >= 15 is 0 Å². The minimum absolute atomic E-state index is 0.171. The van der Waals surface area contributed by atoms with E-state index in [4.69, 9.17) is 0 Å². The summed E-state index contributed by atoms with van der Waals surface area (Å²) in [5.74, 6) is 0.171. The van der Waals surface area contributed by atoms with E-state index in [1.165, 1.54) is 12.8 Å². The Morgan fingerprint density at radius 3 is 2.57 bits per heavy atom. The monoisotopic (exact) mass is 253 g/mol. The van der Waals surface area contributed by atoms with Crippen LogP contribution in [0.15, 0.2) is 28.7 Å². The zero-order chi connectivity index (χ0) is 9.97. The molecule has 1 aromatic carbocycles. The molecule has 0 heterocycles. The van der Waals surface area contributed by atoms with Gasteiger partial charge in [-0.05, 0) is 25.0 Å². The molecule has 0 aliphatic heterocycles. The van der Waals surface area contributed by atoms with Gasteiger partial charge in [-0.25, -0.2) is 0 Å². The summed E-state index contributed by atoms with van der Waals surface area (Å²) in [6.45, 7) is 0.465. The predicted molar refractivity (Wildman–Crippen MR) is 59.5 cm³/mol. The Morgan fingerprint density at radius 2 is 2.00 bits per heavy atom. The van der Waals surface area contributed by atoms with E-state index in [0.29, 0.717) is 12.6 Å². The quantitative estimate of drug-likeness (QED) is 0.836. The molecule has 1 aromatic rings. The molecule has 0 bridgehead atoms. The van der Waals surface area contributed by atoms with Gasteiger partial charge in [-0.2, -0.15) is 0 Å². The molecule has 1 aliphatic carbocycles. The number of Topliss-reactive ketones (excluding diaryl/α,β-unsaturated/α-hetero) is 1. The number of halogens is 1. The van der Waals surface area contributed by atoms with Gasteiger partial charge in [-0.3, -0.25) is 4.79 Å². The maximum Gasteiger partial charge on any atom is 0.176 e. The SMILES string of the molecule is O=C(CNC1CC1)c1ccc(Br)cc1. The molecule has 74 valence electrons. The van der Waals surface area contributed by atoms with E-state index in [1.54, 1.807) is 0 Å². The number of hydrogen-bond donors (Lipinski definition) is 1. The molecular weight excluding hydrogens is 242 g/mol. The summed E-state index contributed by atoms with van der Waals surface area (Å²) >= 11 is 3.34. The lowest BCUT2D eigenvalue weighted by molar-refractivity contribution is 0.0990. The van der Waals surface area contributed by atoms with E-state index in [1.807, 2.05) is 24.3 Å². The summed E-state index contributed by atoms with van der Waals surface area (Å²) in [5, 5.41) is 3.21. The lowest BCUT2D eigenvalue weighted by Gasteiger charge is -2.02. The van der Waals surface area contributed by atoms with Crippen LogP contribution in [0.2, 0.25) is 0 Å². The van der Waals surface area contributed by atoms with E-state index in [-0.39, 0.29) is 5.78 Å². The van der Waals surface area contributed by atoms with E-state index in [9.17, 15) is 4.79 Å². The first-order valence-electron chi connectivity index (χ1n) is 4.78. The van der Waals surface area contributed by atoms with Gasteiger partial charge in [0.15, 0.2) is 5.78 Å². The minimum atomic E-state index is 0.171. The number of carbonyl (C=O) groups excluding carboxylic acids is 1. The summed E-state index contributed by atoms with van der Waals surface area (Å²) in [6.07, 6.45) is 2.43. The number of benzene rings is 1. The lowest BCUT2D eigenvalue weighted by Crippen LogP contribution is -2.24. The first-order valence-corrected chi connectivity index (χ1v) is 5.57. The summed E-state index contributed by atoms with van der Waals surface area (Å²) in [7, 11) is 0. The predicted octanol–water partition coefficient (Wildman–Crippen LogP) is 2.38. The highest BCUT2D eigenvalue weighted by Gasteiger charge is 2.21. The second kappa shape index (κ2) is 4.24. The van der Waals surface area contributed by atoms with E-state index in [2.05, 4.69) is 21.2 Å². The Morgan fingerprint density at radius 1 is 1.36 bits per heavy atom. The van der Waals surface area contributed by atoms with Gasteiger partial charge in [0, 0.05) is 16.1 Å². The normalized spacial score (nSPS) is 15.5. The molecule has 0 spiro atoms. The fourth-order valence-corrected chi connectivity index (χ4v) is 1.53. The highest BCUT2D eigenvalue weighted by molar-refractivity contribution is 9.10. The third-order valence-electron chi connectivity index (χ3n) is 2.29. The van der Waals surface area contributed by atoms with Gasteiger partial charge in [-0.1, -0.05) is 28.1 Å². The zero-order valence-corrected chi connectivity index (χ0v) is 9.38. The van der Waals surface area contributed by atoms with Crippen molar-refractivity contribution in [2.45, 2.75) is 18.9 Å². The maximum atomic E-state index is 11.6. The molecule has 0 unspecified atom stereocenters. The van der Waals surface area contributed by atoms with Gasteiger partial charge in [0.1, 0.15) is 0 Å². The summed E-state index contributed by atoms with van der Waals surface area (Å²) in [4.78, 5) is 11.6. The molecule has 2 nitrogen and oxygen atoms in total. The van der Waals surface area contributed by atoms with Crippen molar-refractivity contribution in [1.82, 2.24) is 5.32 Å². The van der Waals surface area contributed by atoms with E-state index < -0.39 is 0 Å². The zero-order valence-electron chi connectivity index (χ0n) is 7.79. The molecule has 1 aliphatic rings. The first kappa shape index (κ1) is 9.87. The van der Waals surface area contributed by atoms with Gasteiger partial charge < -0.3 is 5.32 Å². The van der Waals surface area contributed by atoms with Crippen LogP contribution >= 0.6 is 15.9 Å². The number of carbonyl (C=O) groups is 1. The lowest BCUT2D eigenvalue weighted by atomic mass is 10.1. The summed E-state index contributed by atoms with van der Waals surface area (Å²) in [6, 6.07) is 8.07.